The molecule has 0 unspecified atom stereocenters. The third kappa shape index (κ3) is 4.48. The van der Waals surface area contributed by atoms with Crippen molar-refractivity contribution in [1.29, 1.82) is 0 Å². The molecule has 0 saturated carbocycles. The van der Waals surface area contributed by atoms with Gasteiger partial charge in [-0.1, -0.05) is 12.1 Å². The smallest absolute Gasteiger partial charge is 0.410 e. The Labute approximate surface area is 158 Å². The summed E-state index contributed by atoms with van der Waals surface area (Å²) in [5.74, 6) is 0.219. The molecule has 1 aromatic carbocycles. The third-order valence-corrected chi connectivity index (χ3v) is 4.78. The van der Waals surface area contributed by atoms with E-state index in [4.69, 9.17) is 9.47 Å². The minimum absolute atomic E-state index is 0.0556. The number of amides is 1. The highest BCUT2D eigenvalue weighted by Crippen LogP contribution is 2.24. The molecule has 27 heavy (non-hydrogen) atoms. The number of piperazine rings is 1. The Bertz CT molecular complexity index is 802. The molecule has 144 valence electrons. The molecule has 2 atom stereocenters. The Morgan fingerprint density at radius 2 is 2.11 bits per heavy atom. The lowest BCUT2D eigenvalue weighted by atomic mass is 10.1. The zero-order valence-electron chi connectivity index (χ0n) is 15.8. The lowest BCUT2D eigenvalue weighted by molar-refractivity contribution is 0.0560. The molecule has 0 radical (unpaired) electrons. The largest absolute Gasteiger partial charge is 0.497 e. The highest BCUT2D eigenvalue weighted by Gasteiger charge is 2.30. The van der Waals surface area contributed by atoms with Crippen LogP contribution in [0.1, 0.15) is 25.5 Å². The molecule has 6 nitrogen and oxygen atoms in total. The number of hydrogen-bond acceptors (Lipinski definition) is 5. The van der Waals surface area contributed by atoms with Gasteiger partial charge in [-0.05, 0) is 37.6 Å². The second-order valence-electron chi connectivity index (χ2n) is 6.63. The van der Waals surface area contributed by atoms with Crippen LogP contribution >= 0.6 is 0 Å². The predicted molar refractivity (Wildman–Crippen MR) is 100 cm³/mol. The number of anilines is 1. The molecule has 0 N–H and O–H groups in total. The highest BCUT2D eigenvalue weighted by molar-refractivity contribution is 5.69. The second kappa shape index (κ2) is 8.24. The number of hydrogen-bond donors (Lipinski definition) is 0. The lowest BCUT2D eigenvalue weighted by Crippen LogP contribution is -2.54. The number of methoxy groups -OCH3 is 1. The van der Waals surface area contributed by atoms with E-state index in [-0.39, 0.29) is 18.2 Å². The maximum atomic E-state index is 13.4. The number of aromatic nitrogens is 1. The van der Waals surface area contributed by atoms with Gasteiger partial charge in [0.25, 0.3) is 0 Å². The van der Waals surface area contributed by atoms with Crippen LogP contribution in [0.2, 0.25) is 0 Å². The molecule has 0 aliphatic carbocycles. The van der Waals surface area contributed by atoms with Crippen molar-refractivity contribution < 1.29 is 18.7 Å². The molecule has 1 aromatic heterocycles. The first-order valence-electron chi connectivity index (χ1n) is 8.95. The molecule has 1 aliphatic rings. The van der Waals surface area contributed by atoms with E-state index in [1.807, 2.05) is 43.0 Å². The standard InChI is InChI=1S/C20H24FN3O3/c1-14-13-23(17-7-8-22-19(21)12-17)9-10-24(14)20(25)27-15(2)16-5-4-6-18(11-16)26-3/h4-8,11-12,14-15H,9-10,13H2,1-3H3/t14-,15-/m1/s1. The van der Waals surface area contributed by atoms with E-state index in [1.54, 1.807) is 18.1 Å². The fourth-order valence-corrected chi connectivity index (χ4v) is 3.23. The number of ether oxygens (including phenoxy) is 2. The van der Waals surface area contributed by atoms with Crippen LogP contribution in [0.15, 0.2) is 42.6 Å². The number of rotatable bonds is 4. The monoisotopic (exact) mass is 373 g/mol. The Kier molecular flexibility index (Phi) is 5.78. The topological polar surface area (TPSA) is 54.9 Å². The first-order valence-corrected chi connectivity index (χ1v) is 8.95. The van der Waals surface area contributed by atoms with Crippen molar-refractivity contribution in [3.05, 3.63) is 54.1 Å². The van der Waals surface area contributed by atoms with E-state index in [2.05, 4.69) is 4.98 Å². The second-order valence-corrected chi connectivity index (χ2v) is 6.63. The van der Waals surface area contributed by atoms with E-state index in [0.717, 1.165) is 17.0 Å². The molecule has 2 heterocycles. The maximum Gasteiger partial charge on any atom is 0.410 e. The fraction of sp³-hybridized carbons (Fsp3) is 0.400. The van der Waals surface area contributed by atoms with Gasteiger partial charge in [0.1, 0.15) is 11.9 Å². The van der Waals surface area contributed by atoms with Gasteiger partial charge >= 0.3 is 6.09 Å². The van der Waals surface area contributed by atoms with Gasteiger partial charge in [-0.2, -0.15) is 4.39 Å². The SMILES string of the molecule is COc1cccc([C@@H](C)OC(=O)N2CCN(c3ccnc(F)c3)C[C@H]2C)c1. The first kappa shape index (κ1) is 18.9. The number of benzene rings is 1. The Balaban J connectivity index is 1.61. The molecule has 1 aliphatic heterocycles. The van der Waals surface area contributed by atoms with Crippen molar-refractivity contribution >= 4 is 11.8 Å². The minimum atomic E-state index is -0.505. The number of pyridine rings is 1. The summed E-state index contributed by atoms with van der Waals surface area (Å²) in [6.45, 7) is 5.52. The molecule has 7 heteroatoms. The van der Waals surface area contributed by atoms with Crippen molar-refractivity contribution in [2.24, 2.45) is 0 Å². The van der Waals surface area contributed by atoms with Gasteiger partial charge in [-0.25, -0.2) is 9.78 Å². The fourth-order valence-electron chi connectivity index (χ4n) is 3.23. The molecular weight excluding hydrogens is 349 g/mol. The van der Waals surface area contributed by atoms with Crippen molar-refractivity contribution in [1.82, 2.24) is 9.88 Å². The summed E-state index contributed by atoms with van der Waals surface area (Å²) in [6, 6.07) is 10.6. The summed E-state index contributed by atoms with van der Waals surface area (Å²) >= 11 is 0. The molecule has 3 rings (SSSR count). The first-order chi connectivity index (χ1) is 13.0. The molecule has 1 saturated heterocycles. The van der Waals surface area contributed by atoms with Crippen molar-refractivity contribution in [2.75, 3.05) is 31.6 Å². The van der Waals surface area contributed by atoms with Crippen LogP contribution in [0.3, 0.4) is 0 Å². The van der Waals surface area contributed by atoms with Gasteiger partial charge in [0.05, 0.1) is 7.11 Å². The van der Waals surface area contributed by atoms with Crippen molar-refractivity contribution in [2.45, 2.75) is 26.0 Å². The average Bonchev–Trinajstić information content (AvgIpc) is 2.67. The van der Waals surface area contributed by atoms with Crippen molar-refractivity contribution in [3.8, 4) is 5.75 Å². The average molecular weight is 373 g/mol. The van der Waals surface area contributed by atoms with Gasteiger partial charge < -0.3 is 19.3 Å². The summed E-state index contributed by atoms with van der Waals surface area (Å²) in [5.41, 5.74) is 1.65. The Morgan fingerprint density at radius 3 is 2.81 bits per heavy atom. The van der Waals surface area contributed by atoms with Gasteiger partial charge in [0.2, 0.25) is 5.95 Å². The zero-order chi connectivity index (χ0) is 19.4. The van der Waals surface area contributed by atoms with Crippen molar-refractivity contribution in [3.63, 3.8) is 0 Å². The summed E-state index contributed by atoms with van der Waals surface area (Å²) in [7, 11) is 1.60. The van der Waals surface area contributed by atoms with Gasteiger partial charge in [-0.3, -0.25) is 0 Å². The molecular formula is C20H24FN3O3. The van der Waals surface area contributed by atoms with E-state index in [0.29, 0.717) is 19.6 Å². The van der Waals surface area contributed by atoms with Crippen LogP contribution in [0.4, 0.5) is 14.9 Å². The summed E-state index contributed by atoms with van der Waals surface area (Å²) in [4.78, 5) is 20.0. The van der Waals surface area contributed by atoms with Crippen LogP contribution in [0.5, 0.6) is 5.75 Å². The minimum Gasteiger partial charge on any atom is -0.497 e. The summed E-state index contributed by atoms with van der Waals surface area (Å²) in [5, 5.41) is 0. The molecule has 0 bridgehead atoms. The van der Waals surface area contributed by atoms with Crippen LogP contribution < -0.4 is 9.64 Å². The van der Waals surface area contributed by atoms with Crippen LogP contribution in [-0.2, 0) is 4.74 Å². The number of carbonyl (C=O) groups excluding carboxylic acids is 1. The summed E-state index contributed by atoms with van der Waals surface area (Å²) in [6.07, 6.45) is 0.719. The van der Waals surface area contributed by atoms with E-state index in [9.17, 15) is 9.18 Å². The zero-order valence-corrected chi connectivity index (χ0v) is 15.8. The molecule has 0 spiro atoms. The quantitative estimate of drug-likeness (QED) is 0.766. The normalized spacial score (nSPS) is 18.1. The number of nitrogens with zero attached hydrogens (tertiary/aromatic N) is 3. The third-order valence-electron chi connectivity index (χ3n) is 4.78. The highest BCUT2D eigenvalue weighted by atomic mass is 19.1. The van der Waals surface area contributed by atoms with E-state index in [1.165, 1.54) is 12.3 Å². The summed E-state index contributed by atoms with van der Waals surface area (Å²) < 4.78 is 24.2. The molecule has 1 amide bonds. The van der Waals surface area contributed by atoms with Gasteiger partial charge in [0, 0.05) is 43.6 Å². The van der Waals surface area contributed by atoms with Crippen LogP contribution in [0.25, 0.3) is 0 Å². The van der Waals surface area contributed by atoms with E-state index >= 15 is 0 Å². The lowest BCUT2D eigenvalue weighted by Gasteiger charge is -2.40. The van der Waals surface area contributed by atoms with Gasteiger partial charge in [-0.15, -0.1) is 0 Å². The Hall–Kier alpha value is -2.83. The Morgan fingerprint density at radius 1 is 1.30 bits per heavy atom. The number of halogens is 1. The van der Waals surface area contributed by atoms with Gasteiger partial charge in [0.15, 0.2) is 0 Å². The van der Waals surface area contributed by atoms with E-state index < -0.39 is 5.95 Å². The predicted octanol–water partition coefficient (Wildman–Crippen LogP) is 3.64. The number of carbonyl (C=O) groups is 1. The van der Waals surface area contributed by atoms with Crippen LogP contribution in [-0.4, -0.2) is 48.8 Å². The molecule has 1 fully saturated rings. The van der Waals surface area contributed by atoms with Crippen LogP contribution in [0, 0.1) is 5.95 Å². The maximum absolute atomic E-state index is 13.4. The molecule has 2 aromatic rings.